The van der Waals surface area contributed by atoms with Crippen molar-refractivity contribution < 1.29 is 9.59 Å². The monoisotopic (exact) mass is 180 g/mol. The summed E-state index contributed by atoms with van der Waals surface area (Å²) in [4.78, 5) is 22.3. The molecule has 4 nitrogen and oxygen atoms in total. The number of allylic oxidation sites excluding steroid dienone is 1. The smallest absolute Gasteiger partial charge is 0.180 e. The number of Topliss-reactive ketones (excluding diaryl/α,β-unsaturated/α-hetero) is 2. The van der Waals surface area contributed by atoms with E-state index in [9.17, 15) is 9.59 Å². The van der Waals surface area contributed by atoms with Gasteiger partial charge in [-0.1, -0.05) is 0 Å². The minimum absolute atomic E-state index is 0.139. The average Bonchev–Trinajstić information content (AvgIpc) is 2.24. The number of carbonyl (C=O) groups excluding carboxylic acids is 2. The van der Waals surface area contributed by atoms with Gasteiger partial charge in [-0.3, -0.25) is 9.59 Å². The largest absolute Gasteiger partial charge is 0.295 e. The summed E-state index contributed by atoms with van der Waals surface area (Å²) in [6, 6.07) is 0. The average molecular weight is 180 g/mol. The van der Waals surface area contributed by atoms with Gasteiger partial charge in [0.15, 0.2) is 11.6 Å². The molecule has 0 aromatic heterocycles. The summed E-state index contributed by atoms with van der Waals surface area (Å²) in [5, 5.41) is 7.61. The van der Waals surface area contributed by atoms with E-state index in [0.29, 0.717) is 5.57 Å². The molecule has 0 aromatic rings. The second-order valence-corrected chi connectivity index (χ2v) is 3.59. The second-order valence-electron chi connectivity index (χ2n) is 3.59. The fraction of sp³-hybridized carbons (Fsp3) is 0.556. The van der Waals surface area contributed by atoms with Gasteiger partial charge in [0.05, 0.1) is 5.57 Å². The Morgan fingerprint density at radius 1 is 1.15 bits per heavy atom. The summed E-state index contributed by atoms with van der Waals surface area (Å²) in [6.07, 6.45) is 0. The van der Waals surface area contributed by atoms with E-state index in [1.807, 2.05) is 0 Å². The molecule has 0 N–H and O–H groups in total. The van der Waals surface area contributed by atoms with E-state index >= 15 is 0 Å². The van der Waals surface area contributed by atoms with E-state index in [-0.39, 0.29) is 17.3 Å². The van der Waals surface area contributed by atoms with Crippen LogP contribution in [-0.4, -0.2) is 17.1 Å². The maximum absolute atomic E-state index is 11.2. The molecule has 0 fully saturated rings. The number of ketones is 2. The van der Waals surface area contributed by atoms with Crippen LogP contribution < -0.4 is 0 Å². The summed E-state index contributed by atoms with van der Waals surface area (Å²) in [7, 11) is 0. The van der Waals surface area contributed by atoms with E-state index < -0.39 is 5.54 Å². The van der Waals surface area contributed by atoms with Crippen molar-refractivity contribution in [1.82, 2.24) is 0 Å². The first-order chi connectivity index (χ1) is 5.86. The van der Waals surface area contributed by atoms with Gasteiger partial charge in [0, 0.05) is 6.92 Å². The van der Waals surface area contributed by atoms with Gasteiger partial charge in [0.1, 0.15) is 11.2 Å². The number of hydrogen-bond acceptors (Lipinski definition) is 4. The van der Waals surface area contributed by atoms with Crippen LogP contribution in [0.4, 0.5) is 0 Å². The molecule has 0 spiro atoms. The Bertz CT molecular complexity index is 338. The minimum Gasteiger partial charge on any atom is -0.295 e. The van der Waals surface area contributed by atoms with E-state index in [1.54, 1.807) is 13.8 Å². The molecule has 0 atom stereocenters. The molecule has 0 aromatic carbocycles. The van der Waals surface area contributed by atoms with Crippen molar-refractivity contribution >= 4 is 11.6 Å². The van der Waals surface area contributed by atoms with Crippen molar-refractivity contribution in [3.05, 3.63) is 11.3 Å². The molecule has 70 valence electrons. The Kier molecular flexibility index (Phi) is 2.15. The van der Waals surface area contributed by atoms with Crippen LogP contribution in [-0.2, 0) is 9.59 Å². The summed E-state index contributed by atoms with van der Waals surface area (Å²) in [5.74, 6) is -0.347. The molecule has 13 heavy (non-hydrogen) atoms. The first-order valence-corrected chi connectivity index (χ1v) is 4.06. The summed E-state index contributed by atoms with van der Waals surface area (Å²) in [6.45, 7) is 6.35. The lowest BCUT2D eigenvalue weighted by atomic mass is 9.91. The Hall–Kier alpha value is -1.32. The number of rotatable bonds is 2. The molecule has 0 aliphatic carbocycles. The molecule has 1 rings (SSSR count). The topological polar surface area (TPSA) is 58.9 Å². The van der Waals surface area contributed by atoms with Gasteiger partial charge in [0.25, 0.3) is 0 Å². The van der Waals surface area contributed by atoms with Crippen molar-refractivity contribution in [2.45, 2.75) is 33.2 Å². The molecule has 0 bridgehead atoms. The molecule has 0 unspecified atom stereocenters. The third-order valence-electron chi connectivity index (χ3n) is 1.93. The minimum atomic E-state index is -0.646. The number of carbonyl (C=O) groups is 2. The fourth-order valence-electron chi connectivity index (χ4n) is 1.41. The van der Waals surface area contributed by atoms with E-state index in [2.05, 4.69) is 10.2 Å². The van der Waals surface area contributed by atoms with Gasteiger partial charge in [-0.05, 0) is 20.8 Å². The Morgan fingerprint density at radius 3 is 2.00 bits per heavy atom. The van der Waals surface area contributed by atoms with Crippen molar-refractivity contribution in [3.63, 3.8) is 0 Å². The predicted molar refractivity (Wildman–Crippen MR) is 47.3 cm³/mol. The van der Waals surface area contributed by atoms with Crippen molar-refractivity contribution in [2.75, 3.05) is 0 Å². The zero-order valence-electron chi connectivity index (χ0n) is 8.21. The van der Waals surface area contributed by atoms with Crippen LogP contribution in [0.25, 0.3) is 0 Å². The van der Waals surface area contributed by atoms with Crippen molar-refractivity contribution in [3.8, 4) is 0 Å². The van der Waals surface area contributed by atoms with Gasteiger partial charge in [-0.25, -0.2) is 0 Å². The van der Waals surface area contributed by atoms with Gasteiger partial charge >= 0.3 is 0 Å². The SMILES string of the molecule is CC(=O)C1=C(C(C)=O)C(C)(C)N=N1. The highest BCUT2D eigenvalue weighted by molar-refractivity contribution is 6.06. The lowest BCUT2D eigenvalue weighted by Gasteiger charge is -2.14. The molecule has 0 saturated heterocycles. The number of hydrogen-bond donors (Lipinski definition) is 0. The summed E-state index contributed by atoms with van der Waals surface area (Å²) in [5.41, 5.74) is -0.0233. The zero-order valence-corrected chi connectivity index (χ0v) is 8.21. The molecule has 0 radical (unpaired) electrons. The Labute approximate surface area is 76.7 Å². The fourth-order valence-corrected chi connectivity index (χ4v) is 1.41. The zero-order chi connectivity index (χ0) is 10.2. The molecule has 1 aliphatic heterocycles. The highest BCUT2D eigenvalue weighted by Gasteiger charge is 2.35. The summed E-state index contributed by atoms with van der Waals surface area (Å²) >= 11 is 0. The van der Waals surface area contributed by atoms with E-state index in [1.165, 1.54) is 13.8 Å². The third kappa shape index (κ3) is 1.56. The molecule has 0 saturated carbocycles. The normalized spacial score (nSPS) is 19.4. The number of nitrogens with zero attached hydrogens (tertiary/aromatic N) is 2. The van der Waals surface area contributed by atoms with Gasteiger partial charge in [0.2, 0.25) is 0 Å². The lowest BCUT2D eigenvalue weighted by molar-refractivity contribution is -0.116. The molecule has 1 heterocycles. The first kappa shape index (κ1) is 9.77. The van der Waals surface area contributed by atoms with Crippen LogP contribution in [0.15, 0.2) is 21.5 Å². The Balaban J connectivity index is 3.28. The molecule has 0 amide bonds. The predicted octanol–water partition coefficient (Wildman–Crippen LogP) is 1.66. The van der Waals surface area contributed by atoms with Crippen LogP contribution in [0, 0.1) is 0 Å². The maximum atomic E-state index is 11.2. The maximum Gasteiger partial charge on any atom is 0.180 e. The van der Waals surface area contributed by atoms with Gasteiger partial charge < -0.3 is 0 Å². The van der Waals surface area contributed by atoms with Crippen LogP contribution in [0.3, 0.4) is 0 Å². The Morgan fingerprint density at radius 2 is 1.69 bits per heavy atom. The standard InChI is InChI=1S/C9H12N2O2/c1-5(12)7-8(6(2)13)10-11-9(7,3)4/h1-4H3. The second kappa shape index (κ2) is 2.87. The quantitative estimate of drug-likeness (QED) is 0.648. The molecular weight excluding hydrogens is 168 g/mol. The van der Waals surface area contributed by atoms with Crippen LogP contribution in [0.2, 0.25) is 0 Å². The first-order valence-electron chi connectivity index (χ1n) is 4.06. The highest BCUT2D eigenvalue weighted by Crippen LogP contribution is 2.32. The molecule has 1 aliphatic rings. The van der Waals surface area contributed by atoms with Crippen LogP contribution >= 0.6 is 0 Å². The van der Waals surface area contributed by atoms with Gasteiger partial charge in [-0.15, -0.1) is 0 Å². The van der Waals surface area contributed by atoms with E-state index in [0.717, 1.165) is 0 Å². The van der Waals surface area contributed by atoms with Crippen molar-refractivity contribution in [1.29, 1.82) is 0 Å². The van der Waals surface area contributed by atoms with E-state index in [4.69, 9.17) is 0 Å². The highest BCUT2D eigenvalue weighted by atomic mass is 16.1. The third-order valence-corrected chi connectivity index (χ3v) is 1.93. The summed E-state index contributed by atoms with van der Waals surface area (Å²) < 4.78 is 0. The van der Waals surface area contributed by atoms with Crippen LogP contribution in [0.5, 0.6) is 0 Å². The van der Waals surface area contributed by atoms with Gasteiger partial charge in [-0.2, -0.15) is 10.2 Å². The molecular formula is C9H12N2O2. The lowest BCUT2D eigenvalue weighted by Crippen LogP contribution is -2.23. The van der Waals surface area contributed by atoms with Crippen LogP contribution in [0.1, 0.15) is 27.7 Å². The van der Waals surface area contributed by atoms with Crippen molar-refractivity contribution in [2.24, 2.45) is 10.2 Å². The molecule has 4 heteroatoms. The number of azo groups is 1.